The van der Waals surface area contributed by atoms with E-state index in [2.05, 4.69) is 53.4 Å². The van der Waals surface area contributed by atoms with Crippen molar-refractivity contribution in [2.75, 3.05) is 0 Å². The van der Waals surface area contributed by atoms with E-state index in [0.29, 0.717) is 0 Å². The molecule has 1 aromatic heterocycles. The molecule has 0 spiro atoms. The number of benzene rings is 2. The predicted octanol–water partition coefficient (Wildman–Crippen LogP) is 3.83. The molecule has 88 valence electrons. The second-order valence-corrected chi connectivity index (χ2v) is 4.75. The first kappa shape index (κ1) is 11.2. The first-order chi connectivity index (χ1) is 8.83. The number of nitrogens with zero attached hydrogens (tertiary/aromatic N) is 1. The highest BCUT2D eigenvalue weighted by molar-refractivity contribution is 6.35. The molecule has 0 fully saturated rings. The Morgan fingerprint density at radius 3 is 2.56 bits per heavy atom. The molecule has 0 N–H and O–H groups in total. The molecule has 0 radical (unpaired) electrons. The van der Waals surface area contributed by atoms with Crippen LogP contribution in [-0.4, -0.2) is 0 Å². The van der Waals surface area contributed by atoms with E-state index < -0.39 is 0 Å². The van der Waals surface area contributed by atoms with E-state index in [0.717, 1.165) is 17.0 Å². The average molecular weight is 255 g/mol. The summed E-state index contributed by atoms with van der Waals surface area (Å²) in [6, 6.07) is 18.5. The summed E-state index contributed by atoms with van der Waals surface area (Å²) >= 11 is 6.16. The lowest BCUT2D eigenvalue weighted by Gasteiger charge is -2.01. The second-order valence-electron chi connectivity index (χ2n) is 4.35. The van der Waals surface area contributed by atoms with Crippen LogP contribution in [0.5, 0.6) is 0 Å². The summed E-state index contributed by atoms with van der Waals surface area (Å²) in [4.78, 5) is 0. The standard InChI is InChI=1S/C16H13ClN/c17-16-8-4-7-14-12-18(10-9-15(14)16)11-13-5-2-1-3-6-13/h1-10,12H,11H2/q+1. The third kappa shape index (κ3) is 2.22. The Bertz CT molecular complexity index is 677. The van der Waals surface area contributed by atoms with E-state index in [9.17, 15) is 0 Å². The minimum absolute atomic E-state index is 0.805. The minimum atomic E-state index is 0.805. The Labute approximate surface area is 111 Å². The fourth-order valence-electron chi connectivity index (χ4n) is 2.13. The van der Waals surface area contributed by atoms with Crippen LogP contribution in [0.3, 0.4) is 0 Å². The van der Waals surface area contributed by atoms with Crippen molar-refractivity contribution in [1.82, 2.24) is 0 Å². The monoisotopic (exact) mass is 254 g/mol. The van der Waals surface area contributed by atoms with E-state index in [-0.39, 0.29) is 0 Å². The van der Waals surface area contributed by atoms with E-state index in [4.69, 9.17) is 11.6 Å². The van der Waals surface area contributed by atoms with Crippen molar-refractivity contribution in [3.05, 3.63) is 77.6 Å². The lowest BCUT2D eigenvalue weighted by atomic mass is 10.1. The summed E-state index contributed by atoms with van der Waals surface area (Å²) in [6.45, 7) is 0.878. The van der Waals surface area contributed by atoms with Gasteiger partial charge in [-0.25, -0.2) is 4.57 Å². The normalized spacial score (nSPS) is 10.7. The van der Waals surface area contributed by atoms with Crippen molar-refractivity contribution >= 4 is 22.4 Å². The number of rotatable bonds is 2. The molecule has 3 aromatic rings. The minimum Gasteiger partial charge on any atom is -0.200 e. The van der Waals surface area contributed by atoms with Crippen LogP contribution in [0.4, 0.5) is 0 Å². The molecule has 2 aromatic carbocycles. The van der Waals surface area contributed by atoms with Gasteiger partial charge in [0.25, 0.3) is 0 Å². The molecule has 1 nitrogen and oxygen atoms in total. The molecule has 18 heavy (non-hydrogen) atoms. The van der Waals surface area contributed by atoms with Gasteiger partial charge >= 0.3 is 0 Å². The van der Waals surface area contributed by atoms with Gasteiger partial charge in [-0.2, -0.15) is 0 Å². The first-order valence-electron chi connectivity index (χ1n) is 5.94. The van der Waals surface area contributed by atoms with Crippen molar-refractivity contribution < 1.29 is 4.57 Å². The first-order valence-corrected chi connectivity index (χ1v) is 6.32. The van der Waals surface area contributed by atoms with Crippen LogP contribution in [-0.2, 0) is 6.54 Å². The average Bonchev–Trinajstić information content (AvgIpc) is 2.40. The maximum Gasteiger partial charge on any atom is 0.177 e. The summed E-state index contributed by atoms with van der Waals surface area (Å²) in [5.41, 5.74) is 1.30. The third-order valence-electron chi connectivity index (χ3n) is 3.03. The van der Waals surface area contributed by atoms with Crippen molar-refractivity contribution in [1.29, 1.82) is 0 Å². The molecule has 0 saturated carbocycles. The van der Waals surface area contributed by atoms with Gasteiger partial charge in [0.05, 0.1) is 0 Å². The Balaban J connectivity index is 1.99. The van der Waals surface area contributed by atoms with E-state index in [1.165, 1.54) is 10.9 Å². The Morgan fingerprint density at radius 2 is 1.72 bits per heavy atom. The van der Waals surface area contributed by atoms with Gasteiger partial charge in [0.1, 0.15) is 0 Å². The summed E-state index contributed by atoms with van der Waals surface area (Å²) in [5.74, 6) is 0. The molecule has 0 bridgehead atoms. The molecule has 1 heterocycles. The molecule has 0 aliphatic heterocycles. The number of aromatic nitrogens is 1. The van der Waals surface area contributed by atoms with Crippen molar-refractivity contribution in [3.63, 3.8) is 0 Å². The van der Waals surface area contributed by atoms with Crippen molar-refractivity contribution in [2.45, 2.75) is 6.54 Å². The Kier molecular flexibility index (Phi) is 2.99. The Morgan fingerprint density at radius 1 is 0.889 bits per heavy atom. The number of hydrogen-bond acceptors (Lipinski definition) is 0. The van der Waals surface area contributed by atoms with Crippen LogP contribution in [0, 0.1) is 0 Å². The van der Waals surface area contributed by atoms with Crippen LogP contribution < -0.4 is 4.57 Å². The van der Waals surface area contributed by atoms with Gasteiger partial charge in [0, 0.05) is 27.4 Å². The number of pyridine rings is 1. The van der Waals surface area contributed by atoms with E-state index in [1.807, 2.05) is 18.2 Å². The fourth-order valence-corrected chi connectivity index (χ4v) is 2.37. The van der Waals surface area contributed by atoms with Crippen LogP contribution in [0.1, 0.15) is 5.56 Å². The third-order valence-corrected chi connectivity index (χ3v) is 3.36. The highest BCUT2D eigenvalue weighted by atomic mass is 35.5. The summed E-state index contributed by atoms with van der Waals surface area (Å²) < 4.78 is 2.17. The van der Waals surface area contributed by atoms with Crippen molar-refractivity contribution in [2.24, 2.45) is 0 Å². The second kappa shape index (κ2) is 4.79. The zero-order valence-corrected chi connectivity index (χ0v) is 10.6. The molecule has 0 aliphatic rings. The van der Waals surface area contributed by atoms with Crippen LogP contribution in [0.2, 0.25) is 5.02 Å². The molecular formula is C16H13ClN+. The molecule has 0 aliphatic carbocycles. The maximum atomic E-state index is 6.16. The zero-order chi connectivity index (χ0) is 12.4. The highest BCUT2D eigenvalue weighted by Crippen LogP contribution is 2.21. The molecule has 0 atom stereocenters. The summed E-state index contributed by atoms with van der Waals surface area (Å²) in [7, 11) is 0. The van der Waals surface area contributed by atoms with Crippen molar-refractivity contribution in [3.8, 4) is 0 Å². The zero-order valence-electron chi connectivity index (χ0n) is 9.88. The topological polar surface area (TPSA) is 3.88 Å². The van der Waals surface area contributed by atoms with Crippen LogP contribution in [0.15, 0.2) is 67.0 Å². The number of fused-ring (bicyclic) bond motifs is 1. The van der Waals surface area contributed by atoms with Gasteiger partial charge in [-0.1, -0.05) is 48.0 Å². The maximum absolute atomic E-state index is 6.16. The summed E-state index contributed by atoms with van der Waals surface area (Å²) in [6.07, 6.45) is 4.20. The predicted molar refractivity (Wildman–Crippen MR) is 74.7 cm³/mol. The smallest absolute Gasteiger partial charge is 0.177 e. The van der Waals surface area contributed by atoms with E-state index in [1.54, 1.807) is 0 Å². The molecule has 2 heteroatoms. The number of hydrogen-bond donors (Lipinski definition) is 0. The van der Waals surface area contributed by atoms with Gasteiger partial charge in [-0.15, -0.1) is 0 Å². The lowest BCUT2D eigenvalue weighted by Crippen LogP contribution is -2.33. The lowest BCUT2D eigenvalue weighted by molar-refractivity contribution is -0.687. The van der Waals surface area contributed by atoms with Crippen LogP contribution in [0.25, 0.3) is 10.8 Å². The Hall–Kier alpha value is -1.86. The highest BCUT2D eigenvalue weighted by Gasteiger charge is 2.06. The molecule has 0 unspecified atom stereocenters. The fraction of sp³-hybridized carbons (Fsp3) is 0.0625. The largest absolute Gasteiger partial charge is 0.200 e. The van der Waals surface area contributed by atoms with Gasteiger partial charge in [0.2, 0.25) is 0 Å². The quantitative estimate of drug-likeness (QED) is 0.612. The van der Waals surface area contributed by atoms with E-state index >= 15 is 0 Å². The molecule has 0 saturated heterocycles. The molecule has 3 rings (SSSR count). The van der Waals surface area contributed by atoms with Gasteiger partial charge < -0.3 is 0 Å². The SMILES string of the molecule is Clc1cccc2c[n+](Cc3ccccc3)ccc12. The number of halogens is 1. The van der Waals surface area contributed by atoms with Gasteiger partial charge in [0.15, 0.2) is 18.9 Å². The summed E-state index contributed by atoms with van der Waals surface area (Å²) in [5, 5.41) is 3.07. The van der Waals surface area contributed by atoms with Gasteiger partial charge in [-0.3, -0.25) is 0 Å². The van der Waals surface area contributed by atoms with Crippen LogP contribution >= 0.6 is 11.6 Å². The van der Waals surface area contributed by atoms with Gasteiger partial charge in [-0.05, 0) is 12.1 Å². The molecular weight excluding hydrogens is 242 g/mol. The molecule has 0 amide bonds.